The maximum Gasteiger partial charge on any atom is 0.275 e. The van der Waals surface area contributed by atoms with Crippen LogP contribution in [-0.4, -0.2) is 28.8 Å². The van der Waals surface area contributed by atoms with Crippen LogP contribution in [0.5, 0.6) is 5.75 Å². The molecule has 1 N–H and O–H groups in total. The van der Waals surface area contributed by atoms with Gasteiger partial charge in [-0.3, -0.25) is 4.79 Å². The molecule has 1 aromatic carbocycles. The van der Waals surface area contributed by atoms with Gasteiger partial charge in [-0.1, -0.05) is 0 Å². The van der Waals surface area contributed by atoms with Gasteiger partial charge in [0.15, 0.2) is 11.4 Å². The summed E-state index contributed by atoms with van der Waals surface area (Å²) < 4.78 is 19.6. The molecule has 0 radical (unpaired) electrons. The Morgan fingerprint density at radius 2 is 2.10 bits per heavy atom. The lowest BCUT2D eigenvalue weighted by Crippen LogP contribution is -2.26. The van der Waals surface area contributed by atoms with Crippen LogP contribution in [0, 0.1) is 5.82 Å². The summed E-state index contributed by atoms with van der Waals surface area (Å²) in [5, 5.41) is 7.08. The Morgan fingerprint density at radius 3 is 2.70 bits per heavy atom. The van der Waals surface area contributed by atoms with Gasteiger partial charge >= 0.3 is 0 Å². The van der Waals surface area contributed by atoms with Crippen LogP contribution in [0.2, 0.25) is 0 Å². The van der Waals surface area contributed by atoms with Crippen molar-refractivity contribution in [2.24, 2.45) is 0 Å². The molecule has 0 saturated heterocycles. The first-order valence-corrected chi connectivity index (χ1v) is 6.38. The Bertz CT molecular complexity index is 632. The van der Waals surface area contributed by atoms with Crippen LogP contribution < -0.4 is 10.1 Å². The Morgan fingerprint density at radius 1 is 1.40 bits per heavy atom. The molecule has 1 heterocycles. The predicted molar refractivity (Wildman–Crippen MR) is 70.6 cm³/mol. The van der Waals surface area contributed by atoms with E-state index >= 15 is 0 Å². The maximum atomic E-state index is 12.9. The summed E-state index contributed by atoms with van der Waals surface area (Å²) in [6, 6.07) is 6.11. The van der Waals surface area contributed by atoms with Gasteiger partial charge < -0.3 is 10.1 Å². The average Bonchev–Trinajstić information content (AvgIpc) is 3.15. The average molecular weight is 275 g/mol. The van der Waals surface area contributed by atoms with E-state index in [9.17, 15) is 9.18 Å². The molecule has 6 heteroatoms. The number of benzene rings is 1. The van der Waals surface area contributed by atoms with E-state index in [1.54, 1.807) is 18.3 Å². The first-order chi connectivity index (χ1) is 9.67. The lowest BCUT2D eigenvalue weighted by molar-refractivity contribution is 0.0942. The maximum absolute atomic E-state index is 12.9. The van der Waals surface area contributed by atoms with Crippen molar-refractivity contribution >= 4 is 5.91 Å². The van der Waals surface area contributed by atoms with Crippen molar-refractivity contribution in [3.05, 3.63) is 42.0 Å². The van der Waals surface area contributed by atoms with Gasteiger partial charge in [-0.15, -0.1) is 0 Å². The van der Waals surface area contributed by atoms with Crippen molar-refractivity contribution in [3.63, 3.8) is 0 Å². The number of carbonyl (C=O) groups excluding carboxylic acids is 1. The highest BCUT2D eigenvalue weighted by Gasteiger charge is 2.27. The van der Waals surface area contributed by atoms with Gasteiger partial charge in [0.25, 0.3) is 5.91 Å². The normalized spacial score (nSPS) is 14.1. The molecule has 1 saturated carbocycles. The van der Waals surface area contributed by atoms with Crippen molar-refractivity contribution < 1.29 is 13.9 Å². The van der Waals surface area contributed by atoms with Gasteiger partial charge in [0.2, 0.25) is 0 Å². The minimum Gasteiger partial charge on any atom is -0.493 e. The van der Waals surface area contributed by atoms with Crippen molar-refractivity contribution in [1.29, 1.82) is 0 Å². The summed E-state index contributed by atoms with van der Waals surface area (Å²) >= 11 is 0. The molecule has 0 aliphatic heterocycles. The molecule has 2 aromatic rings. The summed E-state index contributed by atoms with van der Waals surface area (Å²) in [4.78, 5) is 12.0. The Hall–Kier alpha value is -2.37. The van der Waals surface area contributed by atoms with Crippen LogP contribution >= 0.6 is 0 Å². The molecular formula is C14H14FN3O2. The lowest BCUT2D eigenvalue weighted by atomic mass is 10.3. The second-order valence-corrected chi connectivity index (χ2v) is 4.71. The highest BCUT2D eigenvalue weighted by molar-refractivity contribution is 5.95. The molecule has 1 aliphatic carbocycles. The van der Waals surface area contributed by atoms with Gasteiger partial charge in [0, 0.05) is 6.04 Å². The summed E-state index contributed by atoms with van der Waals surface area (Å²) in [6.07, 6.45) is 3.62. The number of methoxy groups -OCH3 is 1. The molecule has 1 amide bonds. The second-order valence-electron chi connectivity index (χ2n) is 4.71. The zero-order chi connectivity index (χ0) is 14.1. The monoisotopic (exact) mass is 275 g/mol. The van der Waals surface area contributed by atoms with E-state index in [2.05, 4.69) is 10.4 Å². The second kappa shape index (κ2) is 4.96. The summed E-state index contributed by atoms with van der Waals surface area (Å²) in [6.45, 7) is 0. The topological polar surface area (TPSA) is 56.2 Å². The van der Waals surface area contributed by atoms with Gasteiger partial charge in [-0.2, -0.15) is 5.10 Å². The molecule has 1 fully saturated rings. The molecule has 3 rings (SSSR count). The minimum absolute atomic E-state index is 0.240. The van der Waals surface area contributed by atoms with E-state index in [0.717, 1.165) is 12.8 Å². The van der Waals surface area contributed by atoms with Crippen molar-refractivity contribution in [2.75, 3.05) is 7.11 Å². The quantitative estimate of drug-likeness (QED) is 0.927. The first-order valence-electron chi connectivity index (χ1n) is 6.38. The molecule has 0 spiro atoms. The number of aromatic nitrogens is 2. The van der Waals surface area contributed by atoms with Crippen molar-refractivity contribution in [3.8, 4) is 11.4 Å². The van der Waals surface area contributed by atoms with Gasteiger partial charge in [-0.05, 0) is 37.1 Å². The summed E-state index contributed by atoms with van der Waals surface area (Å²) in [5.41, 5.74) is 0.902. The smallest absolute Gasteiger partial charge is 0.275 e. The molecule has 104 valence electrons. The molecule has 5 nitrogen and oxygen atoms in total. The summed E-state index contributed by atoms with van der Waals surface area (Å²) in [5.74, 6) is -0.169. The Kier molecular flexibility index (Phi) is 3.14. The summed E-state index contributed by atoms with van der Waals surface area (Å²) in [7, 11) is 1.49. The highest BCUT2D eigenvalue weighted by atomic mass is 19.1. The van der Waals surface area contributed by atoms with Gasteiger partial charge in [-0.25, -0.2) is 9.07 Å². The zero-order valence-electron chi connectivity index (χ0n) is 11.0. The van der Waals surface area contributed by atoms with Crippen molar-refractivity contribution in [1.82, 2.24) is 15.1 Å². The molecule has 0 unspecified atom stereocenters. The van der Waals surface area contributed by atoms with Crippen LogP contribution in [-0.2, 0) is 0 Å². The number of amides is 1. The van der Waals surface area contributed by atoms with Crippen LogP contribution in [0.25, 0.3) is 5.69 Å². The fourth-order valence-corrected chi connectivity index (χ4v) is 1.87. The molecule has 20 heavy (non-hydrogen) atoms. The Balaban J connectivity index is 1.90. The third kappa shape index (κ3) is 2.49. The minimum atomic E-state index is -0.320. The number of nitrogens with zero attached hydrogens (tertiary/aromatic N) is 2. The fourth-order valence-electron chi connectivity index (χ4n) is 1.87. The zero-order valence-corrected chi connectivity index (χ0v) is 11.0. The number of ether oxygens (including phenoxy) is 1. The van der Waals surface area contributed by atoms with Crippen LogP contribution in [0.3, 0.4) is 0 Å². The number of hydrogen-bond acceptors (Lipinski definition) is 3. The van der Waals surface area contributed by atoms with Gasteiger partial charge in [0.05, 0.1) is 19.0 Å². The molecule has 1 aliphatic rings. The SMILES string of the molecule is COc1cn(-c2ccc(F)cc2)nc1C(=O)NC1CC1. The lowest BCUT2D eigenvalue weighted by Gasteiger charge is -2.01. The number of halogens is 1. The molecule has 0 bridgehead atoms. The van der Waals surface area contributed by atoms with E-state index in [1.165, 1.54) is 23.9 Å². The largest absolute Gasteiger partial charge is 0.493 e. The van der Waals surface area contributed by atoms with E-state index in [1.807, 2.05) is 0 Å². The molecule has 1 aromatic heterocycles. The Labute approximate surface area is 115 Å². The number of nitrogens with one attached hydrogen (secondary N) is 1. The third-order valence-corrected chi connectivity index (χ3v) is 3.12. The van der Waals surface area contributed by atoms with Gasteiger partial charge in [0.1, 0.15) is 5.82 Å². The molecular weight excluding hydrogens is 261 g/mol. The molecule has 0 atom stereocenters. The van der Waals surface area contributed by atoms with Crippen LogP contribution in [0.15, 0.2) is 30.5 Å². The van der Waals surface area contributed by atoms with Crippen LogP contribution in [0.1, 0.15) is 23.3 Å². The van der Waals surface area contributed by atoms with E-state index in [4.69, 9.17) is 4.74 Å². The first kappa shape index (κ1) is 12.7. The number of carbonyl (C=O) groups is 1. The number of rotatable bonds is 4. The van der Waals surface area contributed by atoms with E-state index < -0.39 is 0 Å². The fraction of sp³-hybridized carbons (Fsp3) is 0.286. The standard InChI is InChI=1S/C14H14FN3O2/c1-20-12-8-18(11-6-2-9(15)3-7-11)17-13(12)14(19)16-10-4-5-10/h2-3,6-8,10H,4-5H2,1H3,(H,16,19). The van der Waals surface area contributed by atoms with E-state index in [0.29, 0.717) is 11.4 Å². The highest BCUT2D eigenvalue weighted by Crippen LogP contribution is 2.23. The van der Waals surface area contributed by atoms with Crippen molar-refractivity contribution in [2.45, 2.75) is 18.9 Å². The predicted octanol–water partition coefficient (Wildman–Crippen LogP) is 1.91. The number of hydrogen-bond donors (Lipinski definition) is 1. The van der Waals surface area contributed by atoms with Crippen LogP contribution in [0.4, 0.5) is 4.39 Å². The van der Waals surface area contributed by atoms with E-state index in [-0.39, 0.29) is 23.5 Å². The third-order valence-electron chi connectivity index (χ3n) is 3.12.